The van der Waals surface area contributed by atoms with E-state index in [9.17, 15) is 4.79 Å². The fraction of sp³-hybridized carbons (Fsp3) is 0.545. The molecule has 0 fully saturated rings. The van der Waals surface area contributed by atoms with Crippen molar-refractivity contribution in [2.24, 2.45) is 0 Å². The van der Waals surface area contributed by atoms with Crippen molar-refractivity contribution in [2.75, 3.05) is 0 Å². The minimum Gasteiger partial charge on any atom is -0.458 e. The van der Waals surface area contributed by atoms with E-state index in [1.165, 1.54) is 0 Å². The molecule has 0 amide bonds. The lowest BCUT2D eigenvalue weighted by molar-refractivity contribution is 0.0960. The summed E-state index contributed by atoms with van der Waals surface area (Å²) >= 11 is 0. The summed E-state index contributed by atoms with van der Waals surface area (Å²) in [5, 5.41) is 0. The number of ketones is 1. The number of Topliss-reactive ketones (excluding diaryl/α,β-unsaturated/α-hetero) is 1. The molecular formula is C11H16O2. The quantitative estimate of drug-likeness (QED) is 0.668. The van der Waals surface area contributed by atoms with Gasteiger partial charge >= 0.3 is 0 Å². The van der Waals surface area contributed by atoms with E-state index in [0.717, 1.165) is 11.3 Å². The molecule has 2 nitrogen and oxygen atoms in total. The first-order valence-electron chi connectivity index (χ1n) is 4.69. The van der Waals surface area contributed by atoms with Crippen LogP contribution in [-0.2, 0) is 0 Å². The minimum atomic E-state index is 0.0787. The maximum Gasteiger partial charge on any atom is 0.197 e. The van der Waals surface area contributed by atoms with Gasteiger partial charge in [-0.2, -0.15) is 0 Å². The van der Waals surface area contributed by atoms with Gasteiger partial charge in [-0.15, -0.1) is 0 Å². The van der Waals surface area contributed by atoms with E-state index in [2.05, 4.69) is 13.8 Å². The van der Waals surface area contributed by atoms with Gasteiger partial charge in [0.2, 0.25) is 0 Å². The molecule has 0 saturated heterocycles. The monoisotopic (exact) mass is 180 g/mol. The Morgan fingerprint density at radius 1 is 1.54 bits per heavy atom. The highest BCUT2D eigenvalue weighted by Crippen LogP contribution is 2.23. The fourth-order valence-electron chi connectivity index (χ4n) is 1.38. The van der Waals surface area contributed by atoms with E-state index in [1.54, 1.807) is 0 Å². The van der Waals surface area contributed by atoms with Crippen LogP contribution in [0.1, 0.15) is 55.0 Å². The third-order valence-corrected chi connectivity index (χ3v) is 2.17. The molecule has 0 aromatic carbocycles. The van der Waals surface area contributed by atoms with Gasteiger partial charge in [0.25, 0.3) is 0 Å². The van der Waals surface area contributed by atoms with Crippen molar-refractivity contribution < 1.29 is 9.21 Å². The van der Waals surface area contributed by atoms with Crippen molar-refractivity contribution in [3.8, 4) is 0 Å². The van der Waals surface area contributed by atoms with Crippen molar-refractivity contribution in [1.29, 1.82) is 0 Å². The minimum absolute atomic E-state index is 0.0787. The Hall–Kier alpha value is -1.05. The van der Waals surface area contributed by atoms with Crippen LogP contribution in [0.3, 0.4) is 0 Å². The molecular weight excluding hydrogens is 164 g/mol. The maximum atomic E-state index is 11.3. The highest BCUT2D eigenvalue weighted by atomic mass is 16.3. The lowest BCUT2D eigenvalue weighted by atomic mass is 10.0. The number of rotatable bonds is 3. The SMILES string of the molecule is CCC(=O)c1cc(C(C)C)c(C)o1. The van der Waals surface area contributed by atoms with Gasteiger partial charge in [0.1, 0.15) is 5.76 Å². The molecule has 0 aliphatic carbocycles. The van der Waals surface area contributed by atoms with Gasteiger partial charge in [-0.25, -0.2) is 0 Å². The molecule has 1 heterocycles. The van der Waals surface area contributed by atoms with Gasteiger partial charge in [0, 0.05) is 6.42 Å². The highest BCUT2D eigenvalue weighted by Gasteiger charge is 2.14. The Labute approximate surface area is 78.9 Å². The average Bonchev–Trinajstić information content (AvgIpc) is 2.46. The summed E-state index contributed by atoms with van der Waals surface area (Å²) < 4.78 is 5.38. The molecule has 2 heteroatoms. The molecule has 1 aromatic heterocycles. The van der Waals surface area contributed by atoms with Crippen LogP contribution < -0.4 is 0 Å². The Kier molecular flexibility index (Phi) is 2.91. The van der Waals surface area contributed by atoms with Crippen LogP contribution in [0, 0.1) is 6.92 Å². The van der Waals surface area contributed by atoms with E-state index < -0.39 is 0 Å². The summed E-state index contributed by atoms with van der Waals surface area (Å²) in [6, 6.07) is 1.87. The van der Waals surface area contributed by atoms with E-state index in [4.69, 9.17) is 4.42 Å². The van der Waals surface area contributed by atoms with Crippen molar-refractivity contribution in [3.63, 3.8) is 0 Å². The van der Waals surface area contributed by atoms with Gasteiger partial charge in [-0.1, -0.05) is 20.8 Å². The topological polar surface area (TPSA) is 30.2 Å². The second-order valence-corrected chi connectivity index (χ2v) is 3.55. The summed E-state index contributed by atoms with van der Waals surface area (Å²) in [7, 11) is 0. The van der Waals surface area contributed by atoms with Crippen molar-refractivity contribution in [2.45, 2.75) is 40.0 Å². The zero-order valence-electron chi connectivity index (χ0n) is 8.68. The second-order valence-electron chi connectivity index (χ2n) is 3.55. The molecule has 0 unspecified atom stereocenters. The number of carbonyl (C=O) groups excluding carboxylic acids is 1. The molecule has 0 saturated carbocycles. The van der Waals surface area contributed by atoms with E-state index >= 15 is 0 Å². The molecule has 0 aliphatic heterocycles. The Morgan fingerprint density at radius 2 is 2.15 bits per heavy atom. The smallest absolute Gasteiger partial charge is 0.197 e. The number of carbonyl (C=O) groups is 1. The normalized spacial score (nSPS) is 10.8. The van der Waals surface area contributed by atoms with Gasteiger partial charge < -0.3 is 4.42 Å². The van der Waals surface area contributed by atoms with Gasteiger partial charge in [-0.05, 0) is 24.5 Å². The van der Waals surface area contributed by atoms with E-state index in [1.807, 2.05) is 19.9 Å². The molecule has 0 N–H and O–H groups in total. The zero-order valence-corrected chi connectivity index (χ0v) is 8.68. The lowest BCUT2D eigenvalue weighted by Gasteiger charge is -1.99. The molecule has 0 bridgehead atoms. The largest absolute Gasteiger partial charge is 0.458 e. The molecule has 13 heavy (non-hydrogen) atoms. The summed E-state index contributed by atoms with van der Waals surface area (Å²) in [4.78, 5) is 11.3. The lowest BCUT2D eigenvalue weighted by Crippen LogP contribution is -1.92. The van der Waals surface area contributed by atoms with Crippen LogP contribution in [0.25, 0.3) is 0 Å². The summed E-state index contributed by atoms with van der Waals surface area (Å²) in [6.45, 7) is 7.94. The first kappa shape index (κ1) is 10.0. The van der Waals surface area contributed by atoms with Crippen molar-refractivity contribution >= 4 is 5.78 Å². The van der Waals surface area contributed by atoms with Crippen LogP contribution in [-0.4, -0.2) is 5.78 Å². The van der Waals surface area contributed by atoms with E-state index in [0.29, 0.717) is 18.1 Å². The Morgan fingerprint density at radius 3 is 2.54 bits per heavy atom. The number of hydrogen-bond acceptors (Lipinski definition) is 2. The number of furan rings is 1. The third-order valence-electron chi connectivity index (χ3n) is 2.17. The Bertz CT molecular complexity index is 308. The molecule has 0 radical (unpaired) electrons. The predicted octanol–water partition coefficient (Wildman–Crippen LogP) is 3.30. The van der Waals surface area contributed by atoms with Gasteiger partial charge in [-0.3, -0.25) is 4.79 Å². The predicted molar refractivity (Wildman–Crippen MR) is 52.2 cm³/mol. The van der Waals surface area contributed by atoms with Crippen LogP contribution in [0.4, 0.5) is 0 Å². The molecule has 1 aromatic rings. The molecule has 72 valence electrons. The number of aryl methyl sites for hydroxylation is 1. The zero-order chi connectivity index (χ0) is 10.0. The summed E-state index contributed by atoms with van der Waals surface area (Å²) in [5.41, 5.74) is 1.14. The standard InChI is InChI=1S/C11H16O2/c1-5-10(12)11-6-9(7(2)3)8(4)13-11/h6-7H,5H2,1-4H3. The van der Waals surface area contributed by atoms with Crippen molar-refractivity contribution in [1.82, 2.24) is 0 Å². The van der Waals surface area contributed by atoms with Crippen LogP contribution in [0.2, 0.25) is 0 Å². The second kappa shape index (κ2) is 3.77. The molecule has 0 aliphatic rings. The van der Waals surface area contributed by atoms with Crippen molar-refractivity contribution in [3.05, 3.63) is 23.2 Å². The third kappa shape index (κ3) is 2.00. The summed E-state index contributed by atoms with van der Waals surface area (Å²) in [5.74, 6) is 1.87. The first-order valence-corrected chi connectivity index (χ1v) is 4.69. The summed E-state index contributed by atoms with van der Waals surface area (Å²) in [6.07, 6.45) is 0.504. The fourth-order valence-corrected chi connectivity index (χ4v) is 1.38. The molecule has 0 atom stereocenters. The van der Waals surface area contributed by atoms with Crippen LogP contribution >= 0.6 is 0 Å². The molecule has 0 spiro atoms. The van der Waals surface area contributed by atoms with Crippen LogP contribution in [0.5, 0.6) is 0 Å². The average molecular weight is 180 g/mol. The molecule has 1 rings (SSSR count). The van der Waals surface area contributed by atoms with E-state index in [-0.39, 0.29) is 5.78 Å². The number of hydrogen-bond donors (Lipinski definition) is 0. The van der Waals surface area contributed by atoms with Crippen LogP contribution in [0.15, 0.2) is 10.5 Å². The Balaban J connectivity index is 3.02. The first-order chi connectivity index (χ1) is 6.06. The maximum absolute atomic E-state index is 11.3. The highest BCUT2D eigenvalue weighted by molar-refractivity contribution is 5.93. The van der Waals surface area contributed by atoms with Gasteiger partial charge in [0.05, 0.1) is 0 Å². The van der Waals surface area contributed by atoms with Gasteiger partial charge in [0.15, 0.2) is 11.5 Å².